The van der Waals surface area contributed by atoms with Gasteiger partial charge >= 0.3 is 0 Å². The van der Waals surface area contributed by atoms with Gasteiger partial charge in [0.2, 0.25) is 0 Å². The van der Waals surface area contributed by atoms with E-state index in [0.717, 1.165) is 6.42 Å². The van der Waals surface area contributed by atoms with Crippen molar-refractivity contribution in [2.45, 2.75) is 52.9 Å². The first-order valence-corrected chi connectivity index (χ1v) is 5.65. The van der Waals surface area contributed by atoms with E-state index in [1.165, 1.54) is 36.8 Å². The number of rotatable bonds is 7. The lowest BCUT2D eigenvalue weighted by atomic mass is 10.0. The van der Waals surface area contributed by atoms with Crippen molar-refractivity contribution < 1.29 is 0 Å². The molecule has 14 heavy (non-hydrogen) atoms. The van der Waals surface area contributed by atoms with Gasteiger partial charge in [-0.25, -0.2) is 0 Å². The fourth-order valence-electron chi connectivity index (χ4n) is 1.55. The molecule has 0 aromatic heterocycles. The van der Waals surface area contributed by atoms with Crippen LogP contribution in [0, 0.1) is 0 Å². The predicted molar refractivity (Wildman–Crippen MR) is 66.5 cm³/mol. The largest absolute Gasteiger partial charge is 0.103 e. The monoisotopic (exact) mass is 192 g/mol. The summed E-state index contributed by atoms with van der Waals surface area (Å²) < 4.78 is 0. The standard InChI is InChI=1S/C14H24/c1-5-9-13(4)11-8-12-14(7-3)10-6-2/h6-7,11H,2,5,8-10,12H2,1,3-4H3/b13-11-,14-7-. The molecule has 0 rings (SSSR count). The maximum Gasteiger partial charge on any atom is -0.0142 e. The second-order valence-electron chi connectivity index (χ2n) is 3.78. The molecule has 0 aromatic carbocycles. The summed E-state index contributed by atoms with van der Waals surface area (Å²) >= 11 is 0. The molecule has 0 heterocycles. The Morgan fingerprint density at radius 1 is 1.29 bits per heavy atom. The van der Waals surface area contributed by atoms with E-state index in [1.54, 1.807) is 0 Å². The van der Waals surface area contributed by atoms with E-state index in [2.05, 4.69) is 39.5 Å². The van der Waals surface area contributed by atoms with Crippen LogP contribution in [0.3, 0.4) is 0 Å². The molecule has 0 aromatic rings. The minimum atomic E-state index is 1.04. The van der Waals surface area contributed by atoms with Crippen LogP contribution < -0.4 is 0 Å². The summed E-state index contributed by atoms with van der Waals surface area (Å²) in [5, 5.41) is 0. The van der Waals surface area contributed by atoms with Crippen LogP contribution in [-0.2, 0) is 0 Å². The highest BCUT2D eigenvalue weighted by atomic mass is 14.0. The van der Waals surface area contributed by atoms with Gasteiger partial charge in [-0.1, -0.05) is 42.7 Å². The Hall–Kier alpha value is -0.780. The summed E-state index contributed by atoms with van der Waals surface area (Å²) in [4.78, 5) is 0. The highest BCUT2D eigenvalue weighted by Gasteiger charge is 1.92. The Kier molecular flexibility index (Phi) is 8.31. The lowest BCUT2D eigenvalue weighted by molar-refractivity contribution is 0.874. The van der Waals surface area contributed by atoms with Crippen molar-refractivity contribution in [3.63, 3.8) is 0 Å². The minimum Gasteiger partial charge on any atom is -0.103 e. The van der Waals surface area contributed by atoms with E-state index in [-0.39, 0.29) is 0 Å². The van der Waals surface area contributed by atoms with Crippen molar-refractivity contribution in [2.75, 3.05) is 0 Å². The fourth-order valence-corrected chi connectivity index (χ4v) is 1.55. The van der Waals surface area contributed by atoms with Crippen LogP contribution in [0.1, 0.15) is 52.9 Å². The molecule has 0 amide bonds. The van der Waals surface area contributed by atoms with Crippen LogP contribution in [0.25, 0.3) is 0 Å². The topological polar surface area (TPSA) is 0 Å². The highest BCUT2D eigenvalue weighted by Crippen LogP contribution is 2.13. The molecule has 0 aliphatic carbocycles. The van der Waals surface area contributed by atoms with Crippen LogP contribution in [-0.4, -0.2) is 0 Å². The van der Waals surface area contributed by atoms with Gasteiger partial charge in [0, 0.05) is 0 Å². The van der Waals surface area contributed by atoms with Crippen LogP contribution in [0.2, 0.25) is 0 Å². The molecule has 0 saturated heterocycles. The second kappa shape index (κ2) is 8.80. The smallest absolute Gasteiger partial charge is 0.0142 e. The third kappa shape index (κ3) is 6.71. The predicted octanol–water partition coefficient (Wildman–Crippen LogP) is 5.04. The molecule has 80 valence electrons. The van der Waals surface area contributed by atoms with Crippen LogP contribution >= 0.6 is 0 Å². The Morgan fingerprint density at radius 2 is 2.00 bits per heavy atom. The Balaban J connectivity index is 3.81. The maximum atomic E-state index is 3.76. The molecule has 0 radical (unpaired) electrons. The van der Waals surface area contributed by atoms with E-state index >= 15 is 0 Å². The van der Waals surface area contributed by atoms with Crippen molar-refractivity contribution in [1.29, 1.82) is 0 Å². The van der Waals surface area contributed by atoms with Gasteiger partial charge in [-0.3, -0.25) is 0 Å². The SMILES string of the molecule is C=CC/C(=C/C)CC/C=C(/C)CCC. The first kappa shape index (κ1) is 13.2. The molecule has 0 bridgehead atoms. The first-order chi connectivity index (χ1) is 6.74. The maximum absolute atomic E-state index is 3.76. The van der Waals surface area contributed by atoms with Crippen LogP contribution in [0.4, 0.5) is 0 Å². The van der Waals surface area contributed by atoms with Gasteiger partial charge in [0.1, 0.15) is 0 Å². The summed E-state index contributed by atoms with van der Waals surface area (Å²) in [6, 6.07) is 0. The van der Waals surface area contributed by atoms with Crippen LogP contribution in [0.5, 0.6) is 0 Å². The molecule has 0 fully saturated rings. The normalized spacial score (nSPS) is 13.1. The van der Waals surface area contributed by atoms with E-state index in [1.807, 2.05) is 6.08 Å². The van der Waals surface area contributed by atoms with Gasteiger partial charge in [0.25, 0.3) is 0 Å². The van der Waals surface area contributed by atoms with Gasteiger partial charge < -0.3 is 0 Å². The van der Waals surface area contributed by atoms with E-state index < -0.39 is 0 Å². The molecule has 0 nitrogen and oxygen atoms in total. The average molecular weight is 192 g/mol. The molecule has 0 unspecified atom stereocenters. The van der Waals surface area contributed by atoms with Crippen molar-refractivity contribution in [3.8, 4) is 0 Å². The molecule has 0 aliphatic rings. The van der Waals surface area contributed by atoms with Gasteiger partial charge in [0.05, 0.1) is 0 Å². The molecule has 0 aliphatic heterocycles. The second-order valence-corrected chi connectivity index (χ2v) is 3.78. The molecule has 0 atom stereocenters. The summed E-state index contributed by atoms with van der Waals surface area (Å²) in [6.45, 7) is 10.3. The molecule has 0 N–H and O–H groups in total. The van der Waals surface area contributed by atoms with Gasteiger partial charge in [-0.2, -0.15) is 0 Å². The highest BCUT2D eigenvalue weighted by molar-refractivity contribution is 5.07. The average Bonchev–Trinajstić information content (AvgIpc) is 2.17. The molecule has 0 spiro atoms. The summed E-state index contributed by atoms with van der Waals surface area (Å²) in [7, 11) is 0. The van der Waals surface area contributed by atoms with Crippen molar-refractivity contribution in [2.24, 2.45) is 0 Å². The first-order valence-electron chi connectivity index (χ1n) is 5.65. The fraction of sp³-hybridized carbons (Fsp3) is 0.571. The van der Waals surface area contributed by atoms with Crippen LogP contribution in [0.15, 0.2) is 36.0 Å². The van der Waals surface area contributed by atoms with Gasteiger partial charge in [0.15, 0.2) is 0 Å². The van der Waals surface area contributed by atoms with E-state index in [4.69, 9.17) is 0 Å². The van der Waals surface area contributed by atoms with Crippen molar-refractivity contribution in [1.82, 2.24) is 0 Å². The molecule has 0 saturated carbocycles. The zero-order valence-electron chi connectivity index (χ0n) is 9.97. The summed E-state index contributed by atoms with van der Waals surface area (Å²) in [5.41, 5.74) is 3.03. The lowest BCUT2D eigenvalue weighted by Crippen LogP contribution is -1.82. The third-order valence-corrected chi connectivity index (χ3v) is 2.42. The van der Waals surface area contributed by atoms with Gasteiger partial charge in [-0.05, 0) is 39.5 Å². The Morgan fingerprint density at radius 3 is 2.50 bits per heavy atom. The molecular weight excluding hydrogens is 168 g/mol. The number of hydrogen-bond acceptors (Lipinski definition) is 0. The quantitative estimate of drug-likeness (QED) is 0.496. The van der Waals surface area contributed by atoms with E-state index in [0.29, 0.717) is 0 Å². The Bertz CT molecular complexity index is 206. The number of allylic oxidation sites excluding steroid dienone is 5. The zero-order chi connectivity index (χ0) is 10.8. The third-order valence-electron chi connectivity index (χ3n) is 2.42. The zero-order valence-corrected chi connectivity index (χ0v) is 9.97. The van der Waals surface area contributed by atoms with Crippen molar-refractivity contribution in [3.05, 3.63) is 36.0 Å². The number of hydrogen-bond donors (Lipinski definition) is 0. The lowest BCUT2D eigenvalue weighted by Gasteiger charge is -2.02. The summed E-state index contributed by atoms with van der Waals surface area (Å²) in [5.74, 6) is 0. The molecular formula is C14H24. The molecule has 0 heteroatoms. The summed E-state index contributed by atoms with van der Waals surface area (Å²) in [6.07, 6.45) is 12.5. The van der Waals surface area contributed by atoms with Gasteiger partial charge in [-0.15, -0.1) is 6.58 Å². The van der Waals surface area contributed by atoms with Crippen molar-refractivity contribution >= 4 is 0 Å². The Labute approximate surface area is 89.4 Å². The minimum absolute atomic E-state index is 1.04. The van der Waals surface area contributed by atoms with E-state index in [9.17, 15) is 0 Å².